The summed E-state index contributed by atoms with van der Waals surface area (Å²) in [7, 11) is 2.05. The molecule has 208 valence electrons. The number of anilines is 1. The van der Waals surface area contributed by atoms with Crippen LogP contribution in [0.1, 0.15) is 58.0 Å². The molecule has 0 atom stereocenters. The number of likely N-dealkylation sites (tertiary alicyclic amines) is 1. The largest absolute Gasteiger partial charge is 0.381 e. The first-order valence-electron chi connectivity index (χ1n) is 12.6. The first kappa shape index (κ1) is 29.4. The number of hydrogen-bond donors (Lipinski definition) is 2. The van der Waals surface area contributed by atoms with Crippen LogP contribution in [0, 0.1) is 11.6 Å². The van der Waals surface area contributed by atoms with Crippen molar-refractivity contribution in [3.8, 4) is 0 Å². The van der Waals surface area contributed by atoms with Crippen LogP contribution in [-0.2, 0) is 11.2 Å². The number of nitrogens with one attached hydrogen (secondary N) is 1. The molecule has 0 aromatic heterocycles. The summed E-state index contributed by atoms with van der Waals surface area (Å²) in [5, 5.41) is 3.23. The molecule has 7 nitrogen and oxygen atoms in total. The number of alkyl halides is 2. The third-order valence-electron chi connectivity index (χ3n) is 6.70. The number of morpholine rings is 1. The van der Waals surface area contributed by atoms with Gasteiger partial charge in [-0.2, -0.15) is 0 Å². The Hall–Kier alpha value is -3.18. The van der Waals surface area contributed by atoms with Gasteiger partial charge < -0.3 is 25.6 Å². The maximum Gasteiger partial charge on any atom is 0.266 e. The Bertz CT molecular complexity index is 1120. The molecular formula is C27H34F4N4O3. The van der Waals surface area contributed by atoms with Crippen LogP contribution < -0.4 is 11.1 Å². The third-order valence-corrected chi connectivity index (χ3v) is 6.70. The molecule has 0 saturated carbocycles. The van der Waals surface area contributed by atoms with E-state index >= 15 is 0 Å². The molecule has 2 heterocycles. The van der Waals surface area contributed by atoms with Crippen molar-refractivity contribution >= 4 is 17.5 Å². The van der Waals surface area contributed by atoms with E-state index in [1.807, 2.05) is 0 Å². The Morgan fingerprint density at radius 3 is 2.32 bits per heavy atom. The van der Waals surface area contributed by atoms with Crippen molar-refractivity contribution < 1.29 is 31.9 Å². The first-order chi connectivity index (χ1) is 18.1. The van der Waals surface area contributed by atoms with Crippen LogP contribution in [0.4, 0.5) is 23.2 Å². The van der Waals surface area contributed by atoms with Crippen LogP contribution in [0.3, 0.4) is 0 Å². The van der Waals surface area contributed by atoms with Gasteiger partial charge in [-0.3, -0.25) is 9.59 Å². The number of carbonyl (C=O) groups is 2. The highest BCUT2D eigenvalue weighted by atomic mass is 19.3. The van der Waals surface area contributed by atoms with Crippen molar-refractivity contribution in [3.05, 3.63) is 64.2 Å². The maximum absolute atomic E-state index is 14.6. The third kappa shape index (κ3) is 7.44. The number of halogens is 4. The minimum atomic E-state index is -2.73. The smallest absolute Gasteiger partial charge is 0.266 e. The van der Waals surface area contributed by atoms with Gasteiger partial charge in [-0.1, -0.05) is 25.1 Å². The first-order valence-corrected chi connectivity index (χ1v) is 12.6. The Kier molecular flexibility index (Phi) is 10.5. The lowest BCUT2D eigenvalue weighted by atomic mass is 10.0. The number of benzene rings is 2. The lowest BCUT2D eigenvalue weighted by Gasteiger charge is -2.31. The molecule has 2 aromatic rings. The van der Waals surface area contributed by atoms with E-state index in [1.165, 1.54) is 29.2 Å². The number of carbonyl (C=O) groups excluding carboxylic acids is 2. The monoisotopic (exact) mass is 538 g/mol. The molecule has 3 N–H and O–H groups in total. The predicted molar refractivity (Wildman–Crippen MR) is 137 cm³/mol. The van der Waals surface area contributed by atoms with Gasteiger partial charge in [0.2, 0.25) is 0 Å². The van der Waals surface area contributed by atoms with E-state index in [-0.39, 0.29) is 17.2 Å². The second-order valence-electron chi connectivity index (χ2n) is 9.34. The molecule has 11 heteroatoms. The molecule has 2 aliphatic heterocycles. The Labute approximate surface area is 219 Å². The molecule has 2 aromatic carbocycles. The van der Waals surface area contributed by atoms with Crippen molar-refractivity contribution in [2.75, 3.05) is 51.8 Å². The standard InChI is InChI=1S/C18H25FN4O3.C9H9F3/c1-22-4-2-12(3-5-22)21-16-11-15(19)13(10-14(16)17(20)24)18(25)23-6-8-26-9-7-23;1-2-6-4-3-5-7(8(6)10)9(11)12/h10-12,21H,2-9H2,1H3,(H2,20,24);3-5,9H,2H2,1H3. The molecule has 0 aliphatic carbocycles. The second kappa shape index (κ2) is 13.6. The zero-order chi connectivity index (χ0) is 27.8. The molecule has 0 bridgehead atoms. The molecule has 0 unspecified atom stereocenters. The number of ether oxygens (including phenoxy) is 1. The predicted octanol–water partition coefficient (Wildman–Crippen LogP) is 4.23. The van der Waals surface area contributed by atoms with E-state index in [1.54, 1.807) is 6.92 Å². The van der Waals surface area contributed by atoms with Crippen molar-refractivity contribution in [3.63, 3.8) is 0 Å². The van der Waals surface area contributed by atoms with E-state index in [2.05, 4.69) is 17.3 Å². The molecule has 2 saturated heterocycles. The number of nitrogens with two attached hydrogens (primary N) is 1. The van der Waals surface area contributed by atoms with Gasteiger partial charge in [0.15, 0.2) is 0 Å². The zero-order valence-corrected chi connectivity index (χ0v) is 21.6. The minimum Gasteiger partial charge on any atom is -0.381 e. The minimum absolute atomic E-state index is 0.130. The molecule has 38 heavy (non-hydrogen) atoms. The van der Waals surface area contributed by atoms with E-state index in [0.29, 0.717) is 44.0 Å². The molecule has 0 spiro atoms. The Morgan fingerprint density at radius 2 is 1.74 bits per heavy atom. The fraction of sp³-hybridized carbons (Fsp3) is 0.481. The highest BCUT2D eigenvalue weighted by Gasteiger charge is 2.25. The van der Waals surface area contributed by atoms with E-state index in [0.717, 1.165) is 32.0 Å². The number of hydrogen-bond acceptors (Lipinski definition) is 5. The summed E-state index contributed by atoms with van der Waals surface area (Å²) < 4.78 is 57.1. The van der Waals surface area contributed by atoms with E-state index in [4.69, 9.17) is 10.5 Å². The number of amides is 2. The second-order valence-corrected chi connectivity index (χ2v) is 9.34. The summed E-state index contributed by atoms with van der Waals surface area (Å²) in [4.78, 5) is 28.2. The van der Waals surface area contributed by atoms with Crippen molar-refractivity contribution in [2.24, 2.45) is 5.73 Å². The maximum atomic E-state index is 14.6. The lowest BCUT2D eigenvalue weighted by molar-refractivity contribution is 0.0300. The average Bonchev–Trinajstić information content (AvgIpc) is 2.90. The lowest BCUT2D eigenvalue weighted by Crippen LogP contribution is -2.41. The Morgan fingerprint density at radius 1 is 1.08 bits per heavy atom. The molecule has 0 radical (unpaired) electrons. The number of primary amides is 1. The molecule has 2 amide bonds. The molecular weight excluding hydrogens is 504 g/mol. The van der Waals surface area contributed by atoms with Crippen LogP contribution in [0.5, 0.6) is 0 Å². The van der Waals surface area contributed by atoms with Gasteiger partial charge in [-0.15, -0.1) is 0 Å². The average molecular weight is 539 g/mol. The zero-order valence-electron chi connectivity index (χ0n) is 21.6. The van der Waals surface area contributed by atoms with Crippen molar-refractivity contribution in [1.82, 2.24) is 9.80 Å². The van der Waals surface area contributed by atoms with Gasteiger partial charge >= 0.3 is 0 Å². The van der Waals surface area contributed by atoms with Gasteiger partial charge in [0, 0.05) is 19.1 Å². The fourth-order valence-corrected chi connectivity index (χ4v) is 4.41. The molecule has 4 rings (SSSR count). The van der Waals surface area contributed by atoms with Crippen LogP contribution in [0.25, 0.3) is 0 Å². The van der Waals surface area contributed by atoms with Crippen molar-refractivity contribution in [1.29, 1.82) is 0 Å². The van der Waals surface area contributed by atoms with Crippen LogP contribution >= 0.6 is 0 Å². The number of aryl methyl sites for hydroxylation is 1. The fourth-order valence-electron chi connectivity index (χ4n) is 4.41. The quantitative estimate of drug-likeness (QED) is 0.538. The summed E-state index contributed by atoms with van der Waals surface area (Å²) in [6.45, 7) is 5.24. The SMILES string of the molecule is CCc1cccc(C(F)F)c1F.CN1CCC(Nc2cc(F)c(C(=O)N3CCOCC3)cc2C(N)=O)CC1. The summed E-state index contributed by atoms with van der Waals surface area (Å²) >= 11 is 0. The molecule has 2 fully saturated rings. The highest BCUT2D eigenvalue weighted by molar-refractivity contribution is 6.03. The summed E-state index contributed by atoms with van der Waals surface area (Å²) in [6.07, 6.45) is -0.501. The summed E-state index contributed by atoms with van der Waals surface area (Å²) in [5.41, 5.74) is 5.68. The van der Waals surface area contributed by atoms with Crippen LogP contribution in [0.2, 0.25) is 0 Å². The van der Waals surface area contributed by atoms with Crippen LogP contribution in [-0.4, -0.2) is 74.1 Å². The van der Waals surface area contributed by atoms with Gasteiger partial charge in [0.25, 0.3) is 18.2 Å². The number of nitrogens with zero attached hydrogens (tertiary/aromatic N) is 2. The van der Waals surface area contributed by atoms with Crippen molar-refractivity contribution in [2.45, 2.75) is 38.7 Å². The topological polar surface area (TPSA) is 87.9 Å². The van der Waals surface area contributed by atoms with E-state index < -0.39 is 35.4 Å². The normalized spacial score (nSPS) is 16.7. The van der Waals surface area contributed by atoms with E-state index in [9.17, 15) is 27.2 Å². The van der Waals surface area contributed by atoms with Gasteiger partial charge in [0.1, 0.15) is 11.6 Å². The van der Waals surface area contributed by atoms with Gasteiger partial charge in [0.05, 0.1) is 35.6 Å². The van der Waals surface area contributed by atoms with Gasteiger partial charge in [-0.25, -0.2) is 17.6 Å². The number of piperidine rings is 1. The highest BCUT2D eigenvalue weighted by Crippen LogP contribution is 2.26. The summed E-state index contributed by atoms with van der Waals surface area (Å²) in [5.74, 6) is -2.55. The number of rotatable bonds is 6. The molecule has 2 aliphatic rings. The van der Waals surface area contributed by atoms with Gasteiger partial charge in [-0.05, 0) is 57.1 Å². The summed E-state index contributed by atoms with van der Waals surface area (Å²) in [6, 6.07) is 6.70. The van der Waals surface area contributed by atoms with Crippen LogP contribution in [0.15, 0.2) is 30.3 Å². The Balaban J connectivity index is 0.000000279.